The minimum Gasteiger partial charge on any atom is -0.393 e. The van der Waals surface area contributed by atoms with E-state index in [0.29, 0.717) is 42.1 Å². The summed E-state index contributed by atoms with van der Waals surface area (Å²) in [6.45, 7) is 13.3. The van der Waals surface area contributed by atoms with Crippen molar-refractivity contribution in [2.75, 3.05) is 13.2 Å². The Bertz CT molecular complexity index is 1620. The molecule has 0 amide bonds. The Hall–Kier alpha value is -0.900. The summed E-state index contributed by atoms with van der Waals surface area (Å²) in [5, 5.41) is 98.0. The first-order chi connectivity index (χ1) is 28.8. The summed E-state index contributed by atoms with van der Waals surface area (Å²) in [6.07, 6.45) is -10.9. The number of hydrogen-bond donors (Lipinski definition) is 9. The Morgan fingerprint density at radius 3 is 2.10 bits per heavy atom. The van der Waals surface area contributed by atoms with Gasteiger partial charge in [-0.3, -0.25) is 4.90 Å². The van der Waals surface area contributed by atoms with E-state index in [0.717, 1.165) is 36.6 Å². The second kappa shape index (κ2) is 16.5. The van der Waals surface area contributed by atoms with Crippen LogP contribution in [0.25, 0.3) is 0 Å². The van der Waals surface area contributed by atoms with Crippen molar-refractivity contribution in [2.24, 2.45) is 46.3 Å². The molecule has 3 saturated carbocycles. The van der Waals surface area contributed by atoms with E-state index in [1.807, 2.05) is 0 Å². The van der Waals surface area contributed by atoms with Crippen LogP contribution in [0.3, 0.4) is 0 Å². The lowest BCUT2D eigenvalue weighted by Gasteiger charge is -2.58. The molecular weight excluding hydrogens is 794 g/mol. The Kier molecular flexibility index (Phi) is 12.2. The standard InChI is InChI=1S/C45H73NO15/c1-19-7-10-28-20(2)31-29(46(28)17-19)16-27-25-9-8-23-15-24(11-13-43(23,5)26(25)12-14-44(27,31)6)58-42-38(60-40-36(52)34(50)32(48)21(3)56-40)39(54)45(55,30(18-47)59-42)61-41-37(53)35(51)33(49)22(4)57-41/h8,19-22,24-42,47-55H,7,9-18H2,1-6H3/t19-,20?,21?,22?,24?,25?,26?,27?,28?,29?,30?,31?,32?,33?,34?,35?,36?,37?,38?,39?,40?,41?,42?,43-,44-,45?/m0/s1. The molecule has 26 atom stereocenters. The molecule has 5 heterocycles. The average molecular weight is 868 g/mol. The maximum absolute atomic E-state index is 12.0. The van der Waals surface area contributed by atoms with Gasteiger partial charge in [-0.2, -0.15) is 0 Å². The molecule has 0 spiro atoms. The third-order valence-electron chi connectivity index (χ3n) is 18.1. The molecule has 9 rings (SSSR count). The molecular formula is C45H73NO15. The van der Waals surface area contributed by atoms with Crippen LogP contribution in [-0.4, -0.2) is 174 Å². The van der Waals surface area contributed by atoms with E-state index in [9.17, 15) is 46.0 Å². The van der Waals surface area contributed by atoms with Gasteiger partial charge in [-0.05, 0) is 118 Å². The van der Waals surface area contributed by atoms with Gasteiger partial charge in [0.1, 0.15) is 54.9 Å². The number of allylic oxidation sites excluding steroid dienone is 1. The number of nitrogens with zero attached hydrogens (tertiary/aromatic N) is 1. The van der Waals surface area contributed by atoms with Gasteiger partial charge in [0.05, 0.1) is 24.9 Å². The van der Waals surface area contributed by atoms with E-state index in [1.54, 1.807) is 0 Å². The topological polar surface area (TPSA) is 241 Å². The van der Waals surface area contributed by atoms with Crippen LogP contribution in [0.1, 0.15) is 99.3 Å². The number of rotatable bonds is 7. The number of piperidine rings is 1. The largest absolute Gasteiger partial charge is 0.393 e. The molecule has 61 heavy (non-hydrogen) atoms. The van der Waals surface area contributed by atoms with Gasteiger partial charge in [-0.1, -0.05) is 39.3 Å². The van der Waals surface area contributed by atoms with E-state index in [1.165, 1.54) is 58.1 Å². The van der Waals surface area contributed by atoms with Gasteiger partial charge < -0.3 is 74.4 Å². The fourth-order valence-corrected chi connectivity index (χ4v) is 14.7. The Morgan fingerprint density at radius 1 is 0.738 bits per heavy atom. The van der Waals surface area contributed by atoms with E-state index in [2.05, 4.69) is 38.7 Å². The predicted molar refractivity (Wildman–Crippen MR) is 215 cm³/mol. The summed E-state index contributed by atoms with van der Waals surface area (Å²) in [5.74, 6) is 1.24. The number of aliphatic hydroxyl groups excluding tert-OH is 8. The number of aliphatic hydroxyl groups is 9. The fourth-order valence-electron chi connectivity index (χ4n) is 14.7. The molecule has 23 unspecified atom stereocenters. The summed E-state index contributed by atoms with van der Waals surface area (Å²) >= 11 is 0. The van der Waals surface area contributed by atoms with Crippen LogP contribution in [0.15, 0.2) is 11.6 Å². The smallest absolute Gasteiger partial charge is 0.226 e. The van der Waals surface area contributed by atoms with Crippen LogP contribution in [-0.2, 0) is 28.4 Å². The molecule has 9 aliphatic rings. The first kappa shape index (κ1) is 45.3. The molecule has 9 N–H and O–H groups in total. The zero-order chi connectivity index (χ0) is 43.7. The van der Waals surface area contributed by atoms with Gasteiger partial charge in [0.2, 0.25) is 5.79 Å². The monoisotopic (exact) mass is 867 g/mol. The van der Waals surface area contributed by atoms with Gasteiger partial charge in [-0.15, -0.1) is 0 Å². The predicted octanol–water partition coefficient (Wildman–Crippen LogP) is 0.503. The summed E-state index contributed by atoms with van der Waals surface area (Å²) in [4.78, 5) is 2.93. The molecule has 0 aromatic rings. The maximum atomic E-state index is 12.0. The van der Waals surface area contributed by atoms with Crippen LogP contribution in [0.4, 0.5) is 0 Å². The fraction of sp³-hybridized carbons (Fsp3) is 0.956. The van der Waals surface area contributed by atoms with Gasteiger partial charge in [0.25, 0.3) is 0 Å². The lowest BCUT2D eigenvalue weighted by Crippen LogP contribution is -2.72. The van der Waals surface area contributed by atoms with Crippen LogP contribution < -0.4 is 0 Å². The molecule has 0 aromatic carbocycles. The third kappa shape index (κ3) is 7.16. The van der Waals surface area contributed by atoms with Crippen molar-refractivity contribution in [1.29, 1.82) is 0 Å². The highest BCUT2D eigenvalue weighted by Gasteiger charge is 2.67. The molecule has 8 fully saturated rings. The van der Waals surface area contributed by atoms with Crippen molar-refractivity contribution in [3.63, 3.8) is 0 Å². The second-order valence-corrected chi connectivity index (χ2v) is 21.4. The van der Waals surface area contributed by atoms with Crippen LogP contribution in [0, 0.1) is 46.3 Å². The molecule has 16 nitrogen and oxygen atoms in total. The Balaban J connectivity index is 0.942. The van der Waals surface area contributed by atoms with E-state index in [4.69, 9.17) is 28.4 Å². The normalized spacial score (nSPS) is 58.5. The van der Waals surface area contributed by atoms with E-state index < -0.39 is 105 Å². The van der Waals surface area contributed by atoms with Crippen molar-refractivity contribution in [2.45, 2.75) is 209 Å². The quantitative estimate of drug-likeness (QED) is 0.125. The lowest BCUT2D eigenvalue weighted by molar-refractivity contribution is -0.454. The summed E-state index contributed by atoms with van der Waals surface area (Å²) in [5.41, 5.74) is 1.68. The highest BCUT2D eigenvalue weighted by molar-refractivity contribution is 5.27. The molecule has 5 aliphatic heterocycles. The molecule has 348 valence electrons. The van der Waals surface area contributed by atoms with Crippen molar-refractivity contribution >= 4 is 0 Å². The van der Waals surface area contributed by atoms with Crippen molar-refractivity contribution < 1.29 is 74.4 Å². The molecule has 16 heteroatoms. The maximum Gasteiger partial charge on any atom is 0.226 e. The first-order valence-corrected chi connectivity index (χ1v) is 23.3. The first-order valence-electron chi connectivity index (χ1n) is 23.3. The molecule has 0 aromatic heterocycles. The van der Waals surface area contributed by atoms with Gasteiger partial charge in [0, 0.05) is 18.6 Å². The van der Waals surface area contributed by atoms with Gasteiger partial charge in [0.15, 0.2) is 18.9 Å². The highest BCUT2D eigenvalue weighted by Crippen LogP contribution is 2.70. The summed E-state index contributed by atoms with van der Waals surface area (Å²) < 4.78 is 36.0. The minimum absolute atomic E-state index is 0.0105. The number of fused-ring (bicyclic) bond motifs is 9. The van der Waals surface area contributed by atoms with E-state index in [-0.39, 0.29) is 5.41 Å². The van der Waals surface area contributed by atoms with Crippen LogP contribution >= 0.6 is 0 Å². The van der Waals surface area contributed by atoms with Crippen LogP contribution in [0.5, 0.6) is 0 Å². The summed E-state index contributed by atoms with van der Waals surface area (Å²) in [7, 11) is 0. The minimum atomic E-state index is -2.87. The molecule has 0 bridgehead atoms. The number of hydrogen-bond acceptors (Lipinski definition) is 16. The van der Waals surface area contributed by atoms with Crippen molar-refractivity contribution in [3.05, 3.63) is 11.6 Å². The zero-order valence-electron chi connectivity index (χ0n) is 36.6. The van der Waals surface area contributed by atoms with Crippen molar-refractivity contribution in [3.8, 4) is 0 Å². The average Bonchev–Trinajstić information content (AvgIpc) is 3.70. The molecule has 0 radical (unpaired) electrons. The SMILES string of the molecule is CC1OC(OC2C(OC3CC[C@@]4(C)C(=CCC5C6CC7C(C(C)C8CC[C@H](C)CN87)[C@@]6(C)CCC54)C3)OC(CO)C(O)(OC3OC(C)C(O)C(O)C3O)C2O)C(O)C(O)C1O. The number of ether oxygens (including phenoxy) is 6. The Labute approximate surface area is 359 Å². The van der Waals surface area contributed by atoms with E-state index >= 15 is 0 Å². The van der Waals surface area contributed by atoms with Crippen molar-refractivity contribution in [1.82, 2.24) is 4.90 Å². The highest BCUT2D eigenvalue weighted by atomic mass is 16.8. The second-order valence-electron chi connectivity index (χ2n) is 21.4. The van der Waals surface area contributed by atoms with Gasteiger partial charge in [-0.25, -0.2) is 0 Å². The Morgan fingerprint density at radius 2 is 1.41 bits per heavy atom. The summed E-state index contributed by atoms with van der Waals surface area (Å²) in [6, 6.07) is 1.42. The zero-order valence-corrected chi connectivity index (χ0v) is 36.6. The molecule has 4 aliphatic carbocycles. The lowest BCUT2D eigenvalue weighted by atomic mass is 9.47. The van der Waals surface area contributed by atoms with Gasteiger partial charge >= 0.3 is 0 Å². The van der Waals surface area contributed by atoms with Crippen LogP contribution in [0.2, 0.25) is 0 Å². The third-order valence-corrected chi connectivity index (χ3v) is 18.1. The molecule has 5 saturated heterocycles.